The molecule has 14 heavy (non-hydrogen) atoms. The van der Waals surface area contributed by atoms with Crippen molar-refractivity contribution in [2.45, 2.75) is 6.92 Å². The van der Waals surface area contributed by atoms with E-state index in [0.717, 1.165) is 22.2 Å². The van der Waals surface area contributed by atoms with E-state index in [2.05, 4.69) is 4.98 Å². The van der Waals surface area contributed by atoms with Crippen molar-refractivity contribution >= 4 is 16.6 Å². The minimum absolute atomic E-state index is 0.555. The molecule has 2 N–H and O–H groups in total. The Labute approximate surface area is 82.5 Å². The molecule has 0 aliphatic heterocycles. The summed E-state index contributed by atoms with van der Waals surface area (Å²) >= 11 is 0. The molecule has 0 saturated carbocycles. The number of hydrogen-bond acceptors (Lipinski definition) is 3. The molecule has 0 bridgehead atoms. The van der Waals surface area contributed by atoms with E-state index >= 15 is 0 Å². The number of ether oxygens (including phenoxy) is 1. The fourth-order valence-electron chi connectivity index (χ4n) is 1.52. The van der Waals surface area contributed by atoms with Gasteiger partial charge in [0, 0.05) is 11.1 Å². The second-order valence-electron chi connectivity index (χ2n) is 3.24. The molecule has 3 heteroatoms. The zero-order chi connectivity index (χ0) is 10.1. The number of aromatic nitrogens is 1. The maximum Gasteiger partial charge on any atom is 0.131 e. The Morgan fingerprint density at radius 1 is 1.29 bits per heavy atom. The van der Waals surface area contributed by atoms with Crippen LogP contribution in [0.4, 0.5) is 5.82 Å². The first-order chi connectivity index (χ1) is 6.70. The number of rotatable bonds is 1. The van der Waals surface area contributed by atoms with E-state index in [9.17, 15) is 0 Å². The molecular formula is C11H12N2O. The summed E-state index contributed by atoms with van der Waals surface area (Å²) in [4.78, 5) is 4.20. The molecule has 2 aromatic rings. The molecule has 0 atom stereocenters. The first kappa shape index (κ1) is 8.81. The molecule has 0 aliphatic carbocycles. The van der Waals surface area contributed by atoms with Gasteiger partial charge in [-0.3, -0.25) is 0 Å². The Hall–Kier alpha value is -1.77. The molecular weight excluding hydrogens is 176 g/mol. The molecule has 0 saturated heterocycles. The molecule has 0 unspecified atom stereocenters. The van der Waals surface area contributed by atoms with E-state index in [4.69, 9.17) is 10.5 Å². The van der Waals surface area contributed by atoms with Crippen LogP contribution in [-0.2, 0) is 0 Å². The van der Waals surface area contributed by atoms with Crippen molar-refractivity contribution < 1.29 is 4.74 Å². The highest BCUT2D eigenvalue weighted by Crippen LogP contribution is 2.24. The maximum atomic E-state index is 5.81. The monoisotopic (exact) mass is 188 g/mol. The fraction of sp³-hybridized carbons (Fsp3) is 0.182. The van der Waals surface area contributed by atoms with Gasteiger partial charge in [0.25, 0.3) is 0 Å². The van der Waals surface area contributed by atoms with Gasteiger partial charge in [-0.25, -0.2) is 4.98 Å². The Morgan fingerprint density at radius 3 is 2.79 bits per heavy atom. The van der Waals surface area contributed by atoms with Crippen molar-refractivity contribution in [3.8, 4) is 5.75 Å². The lowest BCUT2D eigenvalue weighted by atomic mass is 10.1. The molecule has 3 nitrogen and oxygen atoms in total. The first-order valence-electron chi connectivity index (χ1n) is 4.41. The lowest BCUT2D eigenvalue weighted by Gasteiger charge is -2.05. The van der Waals surface area contributed by atoms with Crippen molar-refractivity contribution in [1.82, 2.24) is 4.98 Å². The Morgan fingerprint density at radius 2 is 2.07 bits per heavy atom. The molecule has 0 fully saturated rings. The first-order valence-corrected chi connectivity index (χ1v) is 4.41. The van der Waals surface area contributed by atoms with E-state index in [0.29, 0.717) is 5.82 Å². The normalized spacial score (nSPS) is 10.4. The number of methoxy groups -OCH3 is 1. The van der Waals surface area contributed by atoms with Crippen LogP contribution in [0, 0.1) is 6.92 Å². The average Bonchev–Trinajstić information content (AvgIpc) is 2.17. The lowest BCUT2D eigenvalue weighted by molar-refractivity contribution is 0.415. The van der Waals surface area contributed by atoms with Crippen LogP contribution in [-0.4, -0.2) is 12.1 Å². The van der Waals surface area contributed by atoms with Crippen molar-refractivity contribution in [3.05, 3.63) is 30.0 Å². The standard InChI is InChI=1S/C11H12N2O/c1-7-5-8-3-4-9(14-2)6-10(8)11(12)13-7/h3-6H,1-2H3,(H2,12,13). The molecule has 1 aromatic carbocycles. The highest BCUT2D eigenvalue weighted by Gasteiger charge is 2.02. The molecule has 0 radical (unpaired) electrons. The Kier molecular flexibility index (Phi) is 2.00. The van der Waals surface area contributed by atoms with Crippen molar-refractivity contribution in [2.24, 2.45) is 0 Å². The third-order valence-electron chi connectivity index (χ3n) is 2.20. The maximum absolute atomic E-state index is 5.81. The molecule has 72 valence electrons. The van der Waals surface area contributed by atoms with Gasteiger partial charge in [-0.05, 0) is 30.5 Å². The van der Waals surface area contributed by atoms with E-state index in [1.165, 1.54) is 0 Å². The predicted molar refractivity (Wildman–Crippen MR) is 57.4 cm³/mol. The SMILES string of the molecule is COc1ccc2cc(C)nc(N)c2c1. The summed E-state index contributed by atoms with van der Waals surface area (Å²) in [6.45, 7) is 1.93. The number of fused-ring (bicyclic) bond motifs is 1. The van der Waals surface area contributed by atoms with Gasteiger partial charge in [-0.15, -0.1) is 0 Å². The number of nitrogens with zero attached hydrogens (tertiary/aromatic N) is 1. The second-order valence-corrected chi connectivity index (χ2v) is 3.24. The fourth-order valence-corrected chi connectivity index (χ4v) is 1.52. The van der Waals surface area contributed by atoms with Gasteiger partial charge in [0.05, 0.1) is 7.11 Å². The summed E-state index contributed by atoms with van der Waals surface area (Å²) < 4.78 is 5.12. The number of pyridine rings is 1. The lowest BCUT2D eigenvalue weighted by Crippen LogP contribution is -1.94. The van der Waals surface area contributed by atoms with Crippen LogP contribution in [0.25, 0.3) is 10.8 Å². The van der Waals surface area contributed by atoms with E-state index in [-0.39, 0.29) is 0 Å². The number of benzene rings is 1. The highest BCUT2D eigenvalue weighted by molar-refractivity contribution is 5.92. The van der Waals surface area contributed by atoms with Crippen LogP contribution in [0.1, 0.15) is 5.69 Å². The molecule has 1 heterocycles. The van der Waals surface area contributed by atoms with E-state index < -0.39 is 0 Å². The molecule has 0 amide bonds. The number of nitrogens with two attached hydrogens (primary N) is 1. The smallest absolute Gasteiger partial charge is 0.131 e. The van der Waals surface area contributed by atoms with Gasteiger partial charge >= 0.3 is 0 Å². The Balaban J connectivity index is 2.75. The van der Waals surface area contributed by atoms with Gasteiger partial charge in [-0.1, -0.05) is 6.07 Å². The van der Waals surface area contributed by atoms with Crippen LogP contribution in [0.3, 0.4) is 0 Å². The predicted octanol–water partition coefficient (Wildman–Crippen LogP) is 2.13. The molecule has 0 spiro atoms. The highest BCUT2D eigenvalue weighted by atomic mass is 16.5. The van der Waals surface area contributed by atoms with Crippen LogP contribution in [0.15, 0.2) is 24.3 Å². The zero-order valence-electron chi connectivity index (χ0n) is 8.24. The van der Waals surface area contributed by atoms with Gasteiger partial charge in [0.2, 0.25) is 0 Å². The number of hydrogen-bond donors (Lipinski definition) is 1. The van der Waals surface area contributed by atoms with Gasteiger partial charge in [0.1, 0.15) is 11.6 Å². The van der Waals surface area contributed by atoms with Crippen LogP contribution >= 0.6 is 0 Å². The van der Waals surface area contributed by atoms with Crippen molar-refractivity contribution in [2.75, 3.05) is 12.8 Å². The Bertz CT molecular complexity index is 480. The third kappa shape index (κ3) is 1.37. The van der Waals surface area contributed by atoms with Gasteiger partial charge < -0.3 is 10.5 Å². The minimum atomic E-state index is 0.555. The van der Waals surface area contributed by atoms with Crippen molar-refractivity contribution in [3.63, 3.8) is 0 Å². The summed E-state index contributed by atoms with van der Waals surface area (Å²) in [6.07, 6.45) is 0. The zero-order valence-corrected chi connectivity index (χ0v) is 8.24. The van der Waals surface area contributed by atoms with E-state index in [1.807, 2.05) is 31.2 Å². The number of anilines is 1. The molecule has 1 aromatic heterocycles. The largest absolute Gasteiger partial charge is 0.497 e. The molecule has 2 rings (SSSR count). The van der Waals surface area contributed by atoms with Gasteiger partial charge in [-0.2, -0.15) is 0 Å². The topological polar surface area (TPSA) is 48.1 Å². The summed E-state index contributed by atoms with van der Waals surface area (Å²) in [5.41, 5.74) is 6.74. The third-order valence-corrected chi connectivity index (χ3v) is 2.20. The number of aryl methyl sites for hydroxylation is 1. The molecule has 0 aliphatic rings. The van der Waals surface area contributed by atoms with Crippen LogP contribution in [0.2, 0.25) is 0 Å². The van der Waals surface area contributed by atoms with Crippen LogP contribution in [0.5, 0.6) is 5.75 Å². The van der Waals surface area contributed by atoms with Crippen molar-refractivity contribution in [1.29, 1.82) is 0 Å². The summed E-state index contributed by atoms with van der Waals surface area (Å²) in [6, 6.07) is 7.81. The summed E-state index contributed by atoms with van der Waals surface area (Å²) in [5.74, 6) is 1.36. The van der Waals surface area contributed by atoms with E-state index in [1.54, 1.807) is 7.11 Å². The van der Waals surface area contributed by atoms with Gasteiger partial charge in [0.15, 0.2) is 0 Å². The summed E-state index contributed by atoms with van der Waals surface area (Å²) in [5, 5.41) is 2.03. The average molecular weight is 188 g/mol. The second kappa shape index (κ2) is 3.18. The minimum Gasteiger partial charge on any atom is -0.497 e. The number of nitrogen functional groups attached to an aromatic ring is 1. The summed E-state index contributed by atoms with van der Waals surface area (Å²) in [7, 11) is 1.64. The van der Waals surface area contributed by atoms with Crippen LogP contribution < -0.4 is 10.5 Å². The quantitative estimate of drug-likeness (QED) is 0.745.